The van der Waals surface area contributed by atoms with E-state index in [1.807, 2.05) is 17.7 Å². The zero-order valence-corrected chi connectivity index (χ0v) is 10.9. The Bertz CT molecular complexity index is 577. The topological polar surface area (TPSA) is 43.8 Å². The molecule has 3 nitrogen and oxygen atoms in total. The van der Waals surface area contributed by atoms with Crippen LogP contribution in [0.25, 0.3) is 0 Å². The number of aromatic nitrogens is 2. The predicted molar refractivity (Wildman–Crippen MR) is 73.0 cm³/mol. The molecule has 94 valence electrons. The van der Waals surface area contributed by atoms with E-state index in [1.54, 1.807) is 24.4 Å². The Labute approximate surface area is 110 Å². The maximum absolute atomic E-state index is 14.1. The van der Waals surface area contributed by atoms with Crippen molar-refractivity contribution in [3.8, 4) is 0 Å². The van der Waals surface area contributed by atoms with Gasteiger partial charge in [0.2, 0.25) is 0 Å². The second-order valence-electron chi connectivity index (χ2n) is 3.97. The first-order valence-electron chi connectivity index (χ1n) is 5.70. The summed E-state index contributed by atoms with van der Waals surface area (Å²) in [4.78, 5) is 4.29. The van der Waals surface area contributed by atoms with E-state index in [-0.39, 0.29) is 10.8 Å². The summed E-state index contributed by atoms with van der Waals surface area (Å²) in [7, 11) is 0. The molecule has 0 aliphatic heterocycles. The van der Waals surface area contributed by atoms with Crippen molar-refractivity contribution >= 4 is 17.2 Å². The molecule has 1 heterocycles. The van der Waals surface area contributed by atoms with Crippen LogP contribution in [0.2, 0.25) is 0 Å². The third-order valence-electron chi connectivity index (χ3n) is 2.80. The normalized spacial score (nSPS) is 10.6. The molecule has 5 heteroatoms. The highest BCUT2D eigenvalue weighted by Crippen LogP contribution is 2.15. The fourth-order valence-electron chi connectivity index (χ4n) is 1.87. The van der Waals surface area contributed by atoms with E-state index in [2.05, 4.69) is 4.98 Å². The summed E-state index contributed by atoms with van der Waals surface area (Å²) in [6, 6.07) is 5.09. The third-order valence-corrected chi connectivity index (χ3v) is 3.02. The summed E-state index contributed by atoms with van der Waals surface area (Å²) < 4.78 is 16.1. The van der Waals surface area contributed by atoms with Crippen molar-refractivity contribution in [2.75, 3.05) is 0 Å². The lowest BCUT2D eigenvalue weighted by atomic mass is 10.1. The number of hydrogen-bond donors (Lipinski definition) is 1. The third kappa shape index (κ3) is 2.41. The van der Waals surface area contributed by atoms with Crippen molar-refractivity contribution in [1.82, 2.24) is 9.55 Å². The van der Waals surface area contributed by atoms with Crippen LogP contribution in [0.5, 0.6) is 0 Å². The van der Waals surface area contributed by atoms with Gasteiger partial charge < -0.3 is 10.3 Å². The van der Waals surface area contributed by atoms with Crippen molar-refractivity contribution in [1.29, 1.82) is 0 Å². The number of hydrogen-bond acceptors (Lipinski definition) is 2. The van der Waals surface area contributed by atoms with Crippen LogP contribution >= 0.6 is 12.2 Å². The van der Waals surface area contributed by atoms with Crippen LogP contribution in [-0.2, 0) is 13.0 Å². The monoisotopic (exact) mass is 263 g/mol. The Kier molecular flexibility index (Phi) is 3.72. The van der Waals surface area contributed by atoms with Crippen molar-refractivity contribution < 1.29 is 4.39 Å². The molecule has 18 heavy (non-hydrogen) atoms. The fourth-order valence-corrected chi connectivity index (χ4v) is 2.03. The SMILES string of the molecule is CCc1nccn1Cc1cccc(C(N)=S)c1F. The van der Waals surface area contributed by atoms with E-state index in [4.69, 9.17) is 18.0 Å². The Morgan fingerprint density at radius 1 is 1.50 bits per heavy atom. The number of nitrogens with two attached hydrogens (primary N) is 1. The lowest BCUT2D eigenvalue weighted by Gasteiger charge is -2.10. The number of imidazole rings is 1. The van der Waals surface area contributed by atoms with Crippen LogP contribution in [0.3, 0.4) is 0 Å². The fraction of sp³-hybridized carbons (Fsp3) is 0.231. The van der Waals surface area contributed by atoms with Crippen molar-refractivity contribution in [3.63, 3.8) is 0 Å². The smallest absolute Gasteiger partial charge is 0.138 e. The molecule has 0 bridgehead atoms. The lowest BCUT2D eigenvalue weighted by molar-refractivity contribution is 0.593. The molecule has 2 N–H and O–H groups in total. The van der Waals surface area contributed by atoms with Crippen molar-refractivity contribution in [2.24, 2.45) is 5.73 Å². The molecule has 0 aliphatic carbocycles. The minimum absolute atomic E-state index is 0.0793. The molecule has 2 rings (SSSR count). The number of halogens is 1. The van der Waals surface area contributed by atoms with Crippen molar-refractivity contribution in [2.45, 2.75) is 19.9 Å². The van der Waals surface area contributed by atoms with Gasteiger partial charge in [0.15, 0.2) is 0 Å². The Morgan fingerprint density at radius 3 is 2.94 bits per heavy atom. The molecule has 0 fully saturated rings. The van der Waals surface area contributed by atoms with Gasteiger partial charge in [-0.1, -0.05) is 31.3 Å². The largest absolute Gasteiger partial charge is 0.389 e. The first kappa shape index (κ1) is 12.7. The van der Waals surface area contributed by atoms with E-state index in [0.717, 1.165) is 12.2 Å². The summed E-state index contributed by atoms with van der Waals surface area (Å²) in [5.41, 5.74) is 6.34. The van der Waals surface area contributed by atoms with Gasteiger partial charge in [0.25, 0.3) is 0 Å². The van der Waals surface area contributed by atoms with Crippen molar-refractivity contribution in [3.05, 3.63) is 53.4 Å². The van der Waals surface area contributed by atoms with Crippen LogP contribution in [0.1, 0.15) is 23.9 Å². The Balaban J connectivity index is 2.35. The van der Waals surface area contributed by atoms with E-state index in [0.29, 0.717) is 17.7 Å². The number of nitrogens with zero attached hydrogens (tertiary/aromatic N) is 2. The summed E-state index contributed by atoms with van der Waals surface area (Å²) in [6.45, 7) is 2.45. The van der Waals surface area contributed by atoms with Gasteiger partial charge >= 0.3 is 0 Å². The molecule has 0 atom stereocenters. The quantitative estimate of drug-likeness (QED) is 0.861. The molecular weight excluding hydrogens is 249 g/mol. The molecular formula is C13H14FN3S. The Hall–Kier alpha value is -1.75. The van der Waals surface area contributed by atoms with Gasteiger partial charge in [-0.2, -0.15) is 0 Å². The average Bonchev–Trinajstić information content (AvgIpc) is 2.78. The molecule has 0 spiro atoms. The predicted octanol–water partition coefficient (Wildman–Crippen LogP) is 2.27. The number of benzene rings is 1. The van der Waals surface area contributed by atoms with E-state index < -0.39 is 0 Å². The molecule has 0 saturated heterocycles. The zero-order valence-electron chi connectivity index (χ0n) is 10.1. The summed E-state index contributed by atoms with van der Waals surface area (Å²) >= 11 is 4.82. The summed E-state index contributed by atoms with van der Waals surface area (Å²) in [5.74, 6) is 0.580. The molecule has 0 unspecified atom stereocenters. The highest BCUT2D eigenvalue weighted by molar-refractivity contribution is 7.80. The van der Waals surface area contributed by atoms with Crippen LogP contribution in [-0.4, -0.2) is 14.5 Å². The van der Waals surface area contributed by atoms with Gasteiger partial charge in [-0.3, -0.25) is 0 Å². The maximum atomic E-state index is 14.1. The van der Waals surface area contributed by atoms with E-state index in [1.165, 1.54) is 0 Å². The minimum atomic E-state index is -0.347. The minimum Gasteiger partial charge on any atom is -0.389 e. The van der Waals surface area contributed by atoms with Gasteiger partial charge in [-0.25, -0.2) is 9.37 Å². The highest BCUT2D eigenvalue weighted by Gasteiger charge is 2.11. The Morgan fingerprint density at radius 2 is 2.28 bits per heavy atom. The van der Waals surface area contributed by atoms with Crippen LogP contribution in [0.4, 0.5) is 4.39 Å². The number of rotatable bonds is 4. The molecule has 1 aromatic heterocycles. The second-order valence-corrected chi connectivity index (χ2v) is 4.41. The van der Waals surface area contributed by atoms with E-state index >= 15 is 0 Å². The standard InChI is InChI=1S/C13H14FN3S/c1-2-11-16-6-7-17(11)8-9-4-3-5-10(12(9)14)13(15)18/h3-7H,2,8H2,1H3,(H2,15,18). The number of aryl methyl sites for hydroxylation is 1. The van der Waals surface area contributed by atoms with Gasteiger partial charge in [0.1, 0.15) is 16.6 Å². The molecule has 0 saturated carbocycles. The van der Waals surface area contributed by atoms with Crippen LogP contribution in [0, 0.1) is 5.82 Å². The van der Waals surface area contributed by atoms with Crippen LogP contribution in [0.15, 0.2) is 30.6 Å². The van der Waals surface area contributed by atoms with Gasteiger partial charge in [0.05, 0.1) is 6.54 Å². The lowest BCUT2D eigenvalue weighted by Crippen LogP contribution is -2.14. The number of thiocarbonyl (C=S) groups is 1. The molecule has 0 radical (unpaired) electrons. The molecule has 0 aliphatic rings. The first-order valence-corrected chi connectivity index (χ1v) is 6.11. The van der Waals surface area contributed by atoms with Gasteiger partial charge in [-0.05, 0) is 6.07 Å². The molecule has 0 amide bonds. The zero-order chi connectivity index (χ0) is 13.1. The summed E-state index contributed by atoms with van der Waals surface area (Å²) in [6.07, 6.45) is 4.36. The molecule has 1 aromatic carbocycles. The van der Waals surface area contributed by atoms with Gasteiger partial charge in [-0.15, -0.1) is 0 Å². The highest BCUT2D eigenvalue weighted by atomic mass is 32.1. The maximum Gasteiger partial charge on any atom is 0.138 e. The van der Waals surface area contributed by atoms with Crippen LogP contribution < -0.4 is 5.73 Å². The average molecular weight is 263 g/mol. The second kappa shape index (κ2) is 5.27. The first-order chi connectivity index (χ1) is 8.63. The molecule has 2 aromatic rings. The summed E-state index contributed by atoms with van der Waals surface area (Å²) in [5, 5.41) is 0. The van der Waals surface area contributed by atoms with E-state index in [9.17, 15) is 4.39 Å². The van der Waals surface area contributed by atoms with Gasteiger partial charge in [0, 0.05) is 29.9 Å².